The molecule has 1 saturated heterocycles. The van der Waals surface area contributed by atoms with Gasteiger partial charge in [0, 0.05) is 6.54 Å². The average molecular weight is 500 g/mol. The summed E-state index contributed by atoms with van der Waals surface area (Å²) in [5.41, 5.74) is -2.20. The number of sulfonamides is 1. The molecular weight excluding hydrogens is 465 g/mol. The van der Waals surface area contributed by atoms with Crippen LogP contribution in [0.5, 0.6) is 5.75 Å². The Balaban J connectivity index is 1.52. The van der Waals surface area contributed by atoms with Gasteiger partial charge in [-0.05, 0) is 71.1 Å². The molecule has 3 amide bonds. The summed E-state index contributed by atoms with van der Waals surface area (Å²) in [5, 5.41) is 12.1. The Morgan fingerprint density at radius 1 is 1.21 bits per heavy atom. The number of ether oxygens (including phenoxy) is 1. The molecule has 1 aliphatic carbocycles. The van der Waals surface area contributed by atoms with Crippen LogP contribution in [0.2, 0.25) is 0 Å². The van der Waals surface area contributed by atoms with Crippen molar-refractivity contribution in [3.05, 3.63) is 29.6 Å². The number of carbonyl (C=O) groups excluding carboxylic acids is 2. The second-order valence-corrected chi connectivity index (χ2v) is 12.1. The molecule has 0 bridgehead atoms. The van der Waals surface area contributed by atoms with Gasteiger partial charge in [0.25, 0.3) is 5.91 Å². The standard InChI is InChI=1S/C23H34FN3O6S/c1-21(2,30)15-33-18-14-16(8-9-17(18)24)23(10-11-23)26-34(31,32)13-7-5-6-12-27-20(29)25-19(28)22(27,3)4/h8-9,14,26,30H,5-7,10-13,15H2,1-4H3,(H,25,28,29). The molecule has 1 heterocycles. The van der Waals surface area contributed by atoms with Crippen molar-refractivity contribution in [2.24, 2.45) is 0 Å². The first-order valence-electron chi connectivity index (χ1n) is 11.5. The van der Waals surface area contributed by atoms with E-state index in [4.69, 9.17) is 4.74 Å². The highest BCUT2D eigenvalue weighted by Gasteiger charge is 2.48. The van der Waals surface area contributed by atoms with Gasteiger partial charge in [-0.15, -0.1) is 0 Å². The Morgan fingerprint density at radius 2 is 1.88 bits per heavy atom. The summed E-state index contributed by atoms with van der Waals surface area (Å²) < 4.78 is 47.7. The van der Waals surface area contributed by atoms with Crippen molar-refractivity contribution >= 4 is 22.0 Å². The zero-order valence-electron chi connectivity index (χ0n) is 20.1. The third-order valence-electron chi connectivity index (χ3n) is 6.16. The van der Waals surface area contributed by atoms with E-state index < -0.39 is 38.6 Å². The molecule has 0 radical (unpaired) electrons. The fraction of sp³-hybridized carbons (Fsp3) is 0.652. The van der Waals surface area contributed by atoms with Crippen LogP contribution in [-0.2, 0) is 20.4 Å². The molecule has 1 aliphatic heterocycles. The molecule has 3 rings (SSSR count). The fourth-order valence-corrected chi connectivity index (χ4v) is 5.51. The number of hydrogen-bond acceptors (Lipinski definition) is 6. The lowest BCUT2D eigenvalue weighted by Gasteiger charge is -2.27. The first kappa shape index (κ1) is 26.4. The van der Waals surface area contributed by atoms with Crippen molar-refractivity contribution in [1.82, 2.24) is 14.9 Å². The Kier molecular flexibility index (Phi) is 7.31. The molecule has 0 atom stereocenters. The maximum absolute atomic E-state index is 14.1. The van der Waals surface area contributed by atoms with Crippen LogP contribution < -0.4 is 14.8 Å². The van der Waals surface area contributed by atoms with Gasteiger partial charge in [-0.3, -0.25) is 10.1 Å². The molecule has 11 heteroatoms. The van der Waals surface area contributed by atoms with E-state index in [1.165, 1.54) is 17.0 Å². The van der Waals surface area contributed by atoms with Gasteiger partial charge in [0.2, 0.25) is 10.0 Å². The van der Waals surface area contributed by atoms with Gasteiger partial charge >= 0.3 is 6.03 Å². The molecule has 0 aromatic heterocycles. The maximum Gasteiger partial charge on any atom is 0.324 e. The van der Waals surface area contributed by atoms with E-state index in [0.717, 1.165) is 0 Å². The summed E-state index contributed by atoms with van der Waals surface area (Å²) in [6, 6.07) is 3.85. The third-order valence-corrected chi connectivity index (χ3v) is 7.68. The number of aliphatic hydroxyl groups is 1. The summed E-state index contributed by atoms with van der Waals surface area (Å²) in [6.07, 6.45) is 2.74. The van der Waals surface area contributed by atoms with Crippen LogP contribution in [0.15, 0.2) is 18.2 Å². The van der Waals surface area contributed by atoms with Crippen LogP contribution in [0, 0.1) is 5.82 Å². The van der Waals surface area contributed by atoms with E-state index in [9.17, 15) is 27.5 Å². The summed E-state index contributed by atoms with van der Waals surface area (Å²) in [4.78, 5) is 25.2. The highest BCUT2D eigenvalue weighted by atomic mass is 32.2. The molecule has 1 saturated carbocycles. The quantitative estimate of drug-likeness (QED) is 0.300. The maximum atomic E-state index is 14.1. The number of hydrogen-bond donors (Lipinski definition) is 3. The first-order chi connectivity index (χ1) is 15.7. The van der Waals surface area contributed by atoms with E-state index in [1.54, 1.807) is 33.8 Å². The third kappa shape index (κ3) is 6.25. The second kappa shape index (κ2) is 9.43. The number of urea groups is 1. The van der Waals surface area contributed by atoms with Crippen LogP contribution in [0.4, 0.5) is 9.18 Å². The van der Waals surface area contributed by atoms with E-state index in [0.29, 0.717) is 44.2 Å². The molecule has 1 aromatic carbocycles. The monoisotopic (exact) mass is 499 g/mol. The average Bonchev–Trinajstić information content (AvgIpc) is 3.44. The van der Waals surface area contributed by atoms with Gasteiger partial charge in [-0.2, -0.15) is 0 Å². The summed E-state index contributed by atoms with van der Waals surface area (Å²) >= 11 is 0. The van der Waals surface area contributed by atoms with Gasteiger partial charge in [-0.25, -0.2) is 22.3 Å². The van der Waals surface area contributed by atoms with Gasteiger partial charge in [0.05, 0.1) is 16.9 Å². The molecule has 0 spiro atoms. The smallest absolute Gasteiger partial charge is 0.324 e. The molecule has 3 N–H and O–H groups in total. The minimum atomic E-state index is -3.60. The number of unbranched alkanes of at least 4 members (excludes halogenated alkanes) is 2. The van der Waals surface area contributed by atoms with Crippen molar-refractivity contribution in [2.45, 2.75) is 76.5 Å². The van der Waals surface area contributed by atoms with Crippen molar-refractivity contribution in [1.29, 1.82) is 0 Å². The Bertz CT molecular complexity index is 1050. The number of nitrogens with one attached hydrogen (secondary N) is 2. The van der Waals surface area contributed by atoms with Crippen LogP contribution >= 0.6 is 0 Å². The summed E-state index contributed by atoms with van der Waals surface area (Å²) in [6.45, 7) is 6.71. The van der Waals surface area contributed by atoms with Crippen LogP contribution in [0.1, 0.15) is 65.4 Å². The second-order valence-electron chi connectivity index (χ2n) is 10.3. The molecule has 0 unspecified atom stereocenters. The summed E-state index contributed by atoms with van der Waals surface area (Å²) in [5.74, 6) is -1.03. The number of nitrogens with zero attached hydrogens (tertiary/aromatic N) is 1. The van der Waals surface area contributed by atoms with Crippen LogP contribution in [0.3, 0.4) is 0 Å². The van der Waals surface area contributed by atoms with E-state index in [2.05, 4.69) is 10.0 Å². The number of imide groups is 1. The molecule has 190 valence electrons. The lowest BCUT2D eigenvalue weighted by molar-refractivity contribution is -0.125. The van der Waals surface area contributed by atoms with Gasteiger partial charge in [0.1, 0.15) is 12.1 Å². The number of carbonyl (C=O) groups is 2. The number of rotatable bonds is 12. The van der Waals surface area contributed by atoms with Crippen molar-refractivity contribution in [3.8, 4) is 5.75 Å². The zero-order chi connectivity index (χ0) is 25.4. The van der Waals surface area contributed by atoms with E-state index in [-0.39, 0.29) is 24.0 Å². The highest BCUT2D eigenvalue weighted by Crippen LogP contribution is 2.47. The van der Waals surface area contributed by atoms with Gasteiger partial charge < -0.3 is 14.7 Å². The topological polar surface area (TPSA) is 125 Å². The predicted octanol–water partition coefficient (Wildman–Crippen LogP) is 2.38. The number of amides is 3. The Morgan fingerprint density at radius 3 is 2.44 bits per heavy atom. The molecule has 2 aliphatic rings. The summed E-state index contributed by atoms with van der Waals surface area (Å²) in [7, 11) is -3.60. The SMILES string of the molecule is CC(C)(O)COc1cc(C2(NS(=O)(=O)CCCCCN3C(=O)NC(=O)C3(C)C)CC2)ccc1F. The molecule has 34 heavy (non-hydrogen) atoms. The number of halogens is 1. The molecule has 1 aromatic rings. The van der Waals surface area contributed by atoms with Crippen molar-refractivity contribution in [2.75, 3.05) is 18.9 Å². The molecular formula is C23H34FN3O6S. The first-order valence-corrected chi connectivity index (χ1v) is 13.1. The van der Waals surface area contributed by atoms with Crippen LogP contribution in [-0.4, -0.2) is 60.4 Å². The normalized spacial score (nSPS) is 19.3. The van der Waals surface area contributed by atoms with Gasteiger partial charge in [0.15, 0.2) is 11.6 Å². The lowest BCUT2D eigenvalue weighted by atomic mass is 10.0. The highest BCUT2D eigenvalue weighted by molar-refractivity contribution is 7.89. The Hall–Kier alpha value is -2.24. The minimum Gasteiger partial charge on any atom is -0.488 e. The van der Waals surface area contributed by atoms with Crippen LogP contribution in [0.25, 0.3) is 0 Å². The largest absolute Gasteiger partial charge is 0.488 e. The zero-order valence-corrected chi connectivity index (χ0v) is 20.9. The fourth-order valence-electron chi connectivity index (χ4n) is 3.90. The van der Waals surface area contributed by atoms with E-state index >= 15 is 0 Å². The molecule has 9 nitrogen and oxygen atoms in total. The lowest BCUT2D eigenvalue weighted by Crippen LogP contribution is -2.44. The predicted molar refractivity (Wildman–Crippen MR) is 124 cm³/mol. The van der Waals surface area contributed by atoms with Crippen molar-refractivity contribution < 1.29 is 32.2 Å². The van der Waals surface area contributed by atoms with E-state index in [1.807, 2.05) is 0 Å². The minimum absolute atomic E-state index is 0.0301. The van der Waals surface area contributed by atoms with Gasteiger partial charge in [-0.1, -0.05) is 12.5 Å². The Labute approximate surface area is 200 Å². The van der Waals surface area contributed by atoms with Crippen molar-refractivity contribution in [3.63, 3.8) is 0 Å². The number of benzene rings is 1. The molecule has 2 fully saturated rings.